The first-order valence-corrected chi connectivity index (χ1v) is 28.3. The zero-order valence-electron chi connectivity index (χ0n) is 49.0. The van der Waals surface area contributed by atoms with Gasteiger partial charge in [0.25, 0.3) is 0 Å². The summed E-state index contributed by atoms with van der Waals surface area (Å²) < 4.78 is 45.1. The fourth-order valence-electron chi connectivity index (χ4n) is 12.5. The Morgan fingerprint density at radius 1 is 0.923 bits per heavy atom. The first kappa shape index (κ1) is 63.6. The number of esters is 2. The number of benzene rings is 1. The number of nitrogens with zero attached hydrogens (tertiary/aromatic N) is 4. The summed E-state index contributed by atoms with van der Waals surface area (Å²) in [5.74, 6) is -5.89. The molecule has 1 aromatic rings. The first-order chi connectivity index (χ1) is 36.4. The lowest BCUT2D eigenvalue weighted by Crippen LogP contribution is -2.61. The van der Waals surface area contributed by atoms with Crippen LogP contribution in [0, 0.1) is 23.7 Å². The van der Waals surface area contributed by atoms with Crippen LogP contribution in [0.5, 0.6) is 0 Å². The molecule has 78 heavy (non-hydrogen) atoms. The van der Waals surface area contributed by atoms with E-state index in [1.807, 2.05) is 74.6 Å². The van der Waals surface area contributed by atoms with Gasteiger partial charge >= 0.3 is 17.9 Å². The molecule has 1 saturated carbocycles. The van der Waals surface area contributed by atoms with Crippen molar-refractivity contribution in [3.05, 3.63) is 23.8 Å². The average Bonchev–Trinajstić information content (AvgIpc) is 4.30. The maximum atomic E-state index is 14.6. The van der Waals surface area contributed by atoms with Crippen LogP contribution in [0.3, 0.4) is 0 Å². The van der Waals surface area contributed by atoms with Gasteiger partial charge in [0, 0.05) is 87.2 Å². The number of aliphatic hydroxyl groups is 4. The summed E-state index contributed by atoms with van der Waals surface area (Å²) in [5.41, 5.74) is -2.67. The van der Waals surface area contributed by atoms with Crippen molar-refractivity contribution in [2.24, 2.45) is 23.7 Å². The molecular weight excluding hydrogens is 1010 g/mol. The van der Waals surface area contributed by atoms with Gasteiger partial charge in [-0.05, 0) is 133 Å². The standard InChI is InChI=1S/C57H95N5O16/c1-16-43-57(10,71)49(66)35(6)61(14)29-31(2)27-55(8,70)50(78-54-47(65)42(59(11)12)25-32(3)73-54)33(4)48(34(5)53(69)75-43)77-45-28-56(9,72-15)51(36(7)74-45)76-44(63)21-23-60(13)24-22-58-37-17-20-39-41(26-37)62(38-18-19-38)30-40(46(39)64)52(67)68/h17,20,26,31-36,38,40,42-43,45,47-51,54,58,65-66,70-71H,16,18-19,21-25,27-30H2,1-15H3,(H,67,68)/t31-,32-,33+,34-,35-,36+,40?,42+,43-,45+,47-,48+,49-,50-,51+,54+,55-,56-,57-/m1/s1. The molecule has 21 nitrogen and oxygen atoms in total. The Bertz CT molecular complexity index is 2200. The Morgan fingerprint density at radius 2 is 1.60 bits per heavy atom. The van der Waals surface area contributed by atoms with Gasteiger partial charge in [-0.1, -0.05) is 20.8 Å². The number of carboxylic acids is 1. The third kappa shape index (κ3) is 14.7. The van der Waals surface area contributed by atoms with Crippen molar-refractivity contribution in [2.45, 2.75) is 211 Å². The number of hydrogen-bond donors (Lipinski definition) is 6. The van der Waals surface area contributed by atoms with Crippen LogP contribution in [0.4, 0.5) is 11.4 Å². The lowest BCUT2D eigenvalue weighted by molar-refractivity contribution is -0.318. The molecular formula is C57H95N5O16. The van der Waals surface area contributed by atoms with Crippen molar-refractivity contribution in [1.29, 1.82) is 0 Å². The molecule has 1 aromatic carbocycles. The molecule has 4 fully saturated rings. The predicted molar refractivity (Wildman–Crippen MR) is 291 cm³/mol. The Balaban J connectivity index is 1.17. The number of rotatable bonds is 17. The van der Waals surface area contributed by atoms with Gasteiger partial charge in [0.2, 0.25) is 0 Å². The van der Waals surface area contributed by atoms with E-state index in [9.17, 15) is 44.7 Å². The molecule has 0 aromatic heterocycles. The molecule has 0 radical (unpaired) electrons. The molecule has 0 amide bonds. The van der Waals surface area contributed by atoms with Crippen molar-refractivity contribution >= 4 is 35.1 Å². The van der Waals surface area contributed by atoms with E-state index in [-0.39, 0.29) is 62.1 Å². The van der Waals surface area contributed by atoms with Gasteiger partial charge in [0.1, 0.15) is 35.4 Å². The highest BCUT2D eigenvalue weighted by molar-refractivity contribution is 6.13. The number of ether oxygens (including phenoxy) is 7. The highest BCUT2D eigenvalue weighted by Gasteiger charge is 2.54. The number of nitrogens with one attached hydrogen (secondary N) is 1. The molecule has 0 spiro atoms. The smallest absolute Gasteiger partial charge is 0.316 e. The number of fused-ring (bicyclic) bond motifs is 1. The fraction of sp³-hybridized carbons (Fsp3) is 0.825. The lowest BCUT2D eigenvalue weighted by atomic mass is 9.77. The van der Waals surface area contributed by atoms with Crippen LogP contribution in [0.15, 0.2) is 18.2 Å². The largest absolute Gasteiger partial charge is 0.481 e. The Kier molecular flexibility index (Phi) is 21.3. The summed E-state index contributed by atoms with van der Waals surface area (Å²) in [7, 11) is 8.99. The van der Waals surface area contributed by atoms with Crippen molar-refractivity contribution < 1.29 is 77.9 Å². The van der Waals surface area contributed by atoms with Crippen LogP contribution < -0.4 is 10.2 Å². The number of methoxy groups -OCH3 is 1. The number of Topliss-reactive ketones (excluding diaryl/α,β-unsaturated/α-hetero) is 1. The molecule has 1 aliphatic carbocycles. The molecule has 6 N–H and O–H groups in total. The van der Waals surface area contributed by atoms with Crippen LogP contribution in [0.1, 0.15) is 125 Å². The van der Waals surface area contributed by atoms with E-state index in [0.717, 1.165) is 24.2 Å². The molecule has 444 valence electrons. The van der Waals surface area contributed by atoms with Crippen LogP contribution in [-0.2, 0) is 47.5 Å². The number of carbonyl (C=O) groups excluding carboxylic acids is 3. The first-order valence-electron chi connectivity index (χ1n) is 28.3. The number of likely N-dealkylation sites (N-methyl/N-ethyl adjacent to an activating group) is 3. The maximum Gasteiger partial charge on any atom is 0.316 e. The van der Waals surface area contributed by atoms with Gasteiger partial charge in [-0.15, -0.1) is 0 Å². The minimum atomic E-state index is -1.86. The molecule has 21 heteroatoms. The second-order valence-corrected chi connectivity index (χ2v) is 24.5. The molecule has 6 rings (SSSR count). The monoisotopic (exact) mass is 1110 g/mol. The van der Waals surface area contributed by atoms with Crippen LogP contribution >= 0.6 is 0 Å². The second-order valence-electron chi connectivity index (χ2n) is 24.5. The van der Waals surface area contributed by atoms with Gasteiger partial charge in [-0.3, -0.25) is 19.2 Å². The summed E-state index contributed by atoms with van der Waals surface area (Å²) >= 11 is 0. The number of aliphatic carboxylic acids is 1. The molecule has 1 unspecified atom stereocenters. The molecule has 19 atom stereocenters. The number of carboxylic acid groups (broad SMARTS) is 1. The van der Waals surface area contributed by atoms with Crippen LogP contribution in [-0.4, -0.2) is 228 Å². The molecule has 3 saturated heterocycles. The number of anilines is 2. The summed E-state index contributed by atoms with van der Waals surface area (Å²) in [4.78, 5) is 61.0. The van der Waals surface area contributed by atoms with E-state index >= 15 is 0 Å². The normalized spacial score (nSPS) is 39.7. The van der Waals surface area contributed by atoms with Crippen molar-refractivity contribution in [3.63, 3.8) is 0 Å². The topological polar surface area (TPSA) is 259 Å². The SMILES string of the molecule is CC[C@H]1OC(=O)[C@H](C)[C@@H](O[C@H]2C[C@@](C)(OC)[C@@H](OC(=O)CCN(C)CCNc3ccc4c(c3)N(C3CC3)CC(C(=O)O)C4=O)[C@H](C)O2)[C@H](C)[C@@H](O[C@@H]2O[C@H](C)C[C@H](N(C)C)[C@H]2O)[C@](C)(O)C[C@@H](C)CN(C)[C@H](C)[C@@H](O)[C@]1(C)O. The highest BCUT2D eigenvalue weighted by Crippen LogP contribution is 2.43. The van der Waals surface area contributed by atoms with E-state index in [1.165, 1.54) is 14.0 Å². The molecule has 4 aliphatic heterocycles. The third-order valence-corrected chi connectivity index (χ3v) is 17.5. The number of aliphatic hydroxyl groups excluding tert-OH is 2. The summed E-state index contributed by atoms with van der Waals surface area (Å²) in [6.07, 6.45) is -7.05. The maximum absolute atomic E-state index is 14.6. The summed E-state index contributed by atoms with van der Waals surface area (Å²) in [6.45, 7) is 19.6. The zero-order chi connectivity index (χ0) is 57.9. The van der Waals surface area contributed by atoms with Gasteiger partial charge in [0.05, 0.1) is 42.4 Å². The highest BCUT2D eigenvalue weighted by atomic mass is 16.7. The Labute approximate surface area is 462 Å². The molecule has 5 aliphatic rings. The van der Waals surface area contributed by atoms with Crippen LogP contribution in [0.25, 0.3) is 0 Å². The number of carbonyl (C=O) groups is 4. The minimum Gasteiger partial charge on any atom is -0.481 e. The van der Waals surface area contributed by atoms with E-state index in [2.05, 4.69) is 5.32 Å². The number of hydrogen-bond acceptors (Lipinski definition) is 20. The Morgan fingerprint density at radius 3 is 2.22 bits per heavy atom. The van der Waals surface area contributed by atoms with Crippen molar-refractivity contribution in [3.8, 4) is 0 Å². The number of ketones is 1. The Hall–Kier alpha value is -3.58. The minimum absolute atomic E-state index is 0.0475. The second kappa shape index (κ2) is 26.1. The molecule has 4 heterocycles. The summed E-state index contributed by atoms with van der Waals surface area (Å²) in [5, 5.41) is 61.3. The van der Waals surface area contributed by atoms with Gasteiger partial charge in [0.15, 0.2) is 24.5 Å². The fourth-order valence-corrected chi connectivity index (χ4v) is 12.5. The van der Waals surface area contributed by atoms with Crippen molar-refractivity contribution in [2.75, 3.05) is 78.2 Å². The summed E-state index contributed by atoms with van der Waals surface area (Å²) in [6, 6.07) is 4.72. The van der Waals surface area contributed by atoms with E-state index < -0.39 is 114 Å². The van der Waals surface area contributed by atoms with E-state index in [4.69, 9.17) is 33.2 Å². The van der Waals surface area contributed by atoms with Crippen LogP contribution in [0.2, 0.25) is 0 Å². The predicted octanol–water partition coefficient (Wildman–Crippen LogP) is 3.75. The van der Waals surface area contributed by atoms with Gasteiger partial charge < -0.3 is 83.6 Å². The van der Waals surface area contributed by atoms with Gasteiger partial charge in [-0.2, -0.15) is 0 Å². The van der Waals surface area contributed by atoms with E-state index in [0.29, 0.717) is 38.2 Å². The third-order valence-electron chi connectivity index (χ3n) is 17.5. The average molecular weight is 1110 g/mol. The molecule has 0 bridgehead atoms. The van der Waals surface area contributed by atoms with E-state index in [1.54, 1.807) is 53.7 Å². The quantitative estimate of drug-likeness (QED) is 0.0959. The zero-order valence-corrected chi connectivity index (χ0v) is 49.0. The van der Waals surface area contributed by atoms with Gasteiger partial charge in [-0.25, -0.2) is 0 Å². The number of cyclic esters (lactones) is 1. The lowest BCUT2D eigenvalue weighted by Gasteiger charge is -2.49. The van der Waals surface area contributed by atoms with Crippen molar-refractivity contribution in [1.82, 2.24) is 14.7 Å².